The number of benzene rings is 1. The Balaban J connectivity index is 2.07. The Kier molecular flexibility index (Phi) is 4.24. The summed E-state index contributed by atoms with van der Waals surface area (Å²) < 4.78 is 5.19. The van der Waals surface area contributed by atoms with Crippen LogP contribution in [0.3, 0.4) is 0 Å². The van der Waals surface area contributed by atoms with Crippen molar-refractivity contribution in [3.63, 3.8) is 0 Å². The molecule has 0 saturated carbocycles. The zero-order valence-corrected chi connectivity index (χ0v) is 11.2. The second-order valence-electron chi connectivity index (χ2n) is 4.45. The van der Waals surface area contributed by atoms with Gasteiger partial charge in [-0.25, -0.2) is 0 Å². The number of rotatable bonds is 4. The van der Waals surface area contributed by atoms with Crippen LogP contribution in [0, 0.1) is 0 Å². The zero-order valence-electron chi connectivity index (χ0n) is 11.2. The van der Waals surface area contributed by atoms with Crippen LogP contribution in [-0.4, -0.2) is 37.3 Å². The standard InChI is InChI=1S/C13H19N3O3/c1-9(16-6-3-7-19-16)13(17)15-11-8-10(14)4-5-12(11)18-2/h4-5,8-9H,3,6-7,14H2,1-2H3,(H,15,17). The van der Waals surface area contributed by atoms with Crippen LogP contribution in [0.2, 0.25) is 0 Å². The molecule has 6 heteroatoms. The molecule has 1 atom stereocenters. The third-order valence-corrected chi connectivity index (χ3v) is 3.07. The molecule has 1 aromatic carbocycles. The highest BCUT2D eigenvalue weighted by Crippen LogP contribution is 2.27. The molecule has 1 amide bonds. The van der Waals surface area contributed by atoms with Crippen molar-refractivity contribution in [2.45, 2.75) is 19.4 Å². The second-order valence-corrected chi connectivity index (χ2v) is 4.45. The first-order valence-corrected chi connectivity index (χ1v) is 6.25. The normalized spacial score (nSPS) is 17.2. The summed E-state index contributed by atoms with van der Waals surface area (Å²) in [6, 6.07) is 4.77. The maximum absolute atomic E-state index is 12.1. The third kappa shape index (κ3) is 3.15. The van der Waals surface area contributed by atoms with Crippen LogP contribution in [0.25, 0.3) is 0 Å². The van der Waals surface area contributed by atoms with Gasteiger partial charge in [0.2, 0.25) is 5.91 Å². The van der Waals surface area contributed by atoms with Gasteiger partial charge in [0.1, 0.15) is 11.8 Å². The van der Waals surface area contributed by atoms with Crippen LogP contribution in [0.5, 0.6) is 5.75 Å². The summed E-state index contributed by atoms with van der Waals surface area (Å²) >= 11 is 0. The summed E-state index contributed by atoms with van der Waals surface area (Å²) in [5.74, 6) is 0.433. The fourth-order valence-corrected chi connectivity index (χ4v) is 1.96. The topological polar surface area (TPSA) is 76.8 Å². The number of methoxy groups -OCH3 is 1. The molecule has 1 aliphatic rings. The predicted molar refractivity (Wildman–Crippen MR) is 72.8 cm³/mol. The van der Waals surface area contributed by atoms with E-state index < -0.39 is 0 Å². The molecule has 0 radical (unpaired) electrons. The van der Waals surface area contributed by atoms with E-state index in [1.807, 2.05) is 0 Å². The Hall–Kier alpha value is -1.79. The lowest BCUT2D eigenvalue weighted by Gasteiger charge is -2.22. The second kappa shape index (κ2) is 5.90. The monoisotopic (exact) mass is 265 g/mol. The van der Waals surface area contributed by atoms with Gasteiger partial charge in [-0.05, 0) is 31.5 Å². The maximum atomic E-state index is 12.1. The van der Waals surface area contributed by atoms with E-state index in [0.717, 1.165) is 13.0 Å². The SMILES string of the molecule is COc1ccc(N)cc1NC(=O)C(C)N1CCCO1. The molecule has 0 aromatic heterocycles. The molecule has 1 unspecified atom stereocenters. The third-order valence-electron chi connectivity index (χ3n) is 3.07. The molecule has 6 nitrogen and oxygen atoms in total. The predicted octanol–water partition coefficient (Wildman–Crippen LogP) is 1.24. The molecule has 3 N–H and O–H groups in total. The first-order valence-electron chi connectivity index (χ1n) is 6.25. The van der Waals surface area contributed by atoms with Gasteiger partial charge >= 0.3 is 0 Å². The average Bonchev–Trinajstić information content (AvgIpc) is 2.92. The van der Waals surface area contributed by atoms with Gasteiger partial charge in [0.05, 0.1) is 19.4 Å². The molecule has 0 bridgehead atoms. The fraction of sp³-hybridized carbons (Fsp3) is 0.462. The molecule has 1 heterocycles. The summed E-state index contributed by atoms with van der Waals surface area (Å²) in [4.78, 5) is 17.5. The first kappa shape index (κ1) is 13.6. The number of hydroxylamine groups is 2. The number of hydrogen-bond donors (Lipinski definition) is 2. The highest BCUT2D eigenvalue weighted by atomic mass is 16.7. The Morgan fingerprint density at radius 3 is 3.00 bits per heavy atom. The number of nitrogens with zero attached hydrogens (tertiary/aromatic N) is 1. The Labute approximate surface area is 112 Å². The summed E-state index contributed by atoms with van der Waals surface area (Å²) in [7, 11) is 1.55. The molecular weight excluding hydrogens is 246 g/mol. The van der Waals surface area contributed by atoms with Crippen molar-refractivity contribution in [1.82, 2.24) is 5.06 Å². The zero-order chi connectivity index (χ0) is 13.8. The van der Waals surface area contributed by atoms with Crippen LogP contribution in [0.1, 0.15) is 13.3 Å². The van der Waals surface area contributed by atoms with Crippen molar-refractivity contribution in [3.8, 4) is 5.75 Å². The number of ether oxygens (including phenoxy) is 1. The van der Waals surface area contributed by atoms with Gasteiger partial charge in [0, 0.05) is 12.2 Å². The van der Waals surface area contributed by atoms with E-state index in [1.165, 1.54) is 0 Å². The van der Waals surface area contributed by atoms with E-state index in [9.17, 15) is 4.79 Å². The minimum Gasteiger partial charge on any atom is -0.495 e. The highest BCUT2D eigenvalue weighted by molar-refractivity contribution is 5.96. The lowest BCUT2D eigenvalue weighted by atomic mass is 10.2. The highest BCUT2D eigenvalue weighted by Gasteiger charge is 2.25. The van der Waals surface area contributed by atoms with E-state index in [1.54, 1.807) is 37.3 Å². The molecule has 19 heavy (non-hydrogen) atoms. The number of nitrogen functional groups attached to an aromatic ring is 1. The van der Waals surface area contributed by atoms with Crippen LogP contribution < -0.4 is 15.8 Å². The summed E-state index contributed by atoms with van der Waals surface area (Å²) in [5, 5.41) is 4.50. The van der Waals surface area contributed by atoms with E-state index in [2.05, 4.69) is 5.32 Å². The van der Waals surface area contributed by atoms with Gasteiger partial charge in [-0.15, -0.1) is 0 Å². The molecule has 1 aromatic rings. The number of carbonyl (C=O) groups excluding carboxylic acids is 1. The molecule has 104 valence electrons. The number of nitrogens with one attached hydrogen (secondary N) is 1. The minimum atomic E-state index is -0.353. The van der Waals surface area contributed by atoms with Crippen molar-refractivity contribution < 1.29 is 14.4 Å². The Morgan fingerprint density at radius 1 is 1.58 bits per heavy atom. The molecule has 2 rings (SSSR count). The number of hydrogen-bond acceptors (Lipinski definition) is 5. The van der Waals surface area contributed by atoms with Crippen molar-refractivity contribution >= 4 is 17.3 Å². The summed E-state index contributed by atoms with van der Waals surface area (Å²) in [5.41, 5.74) is 6.85. The van der Waals surface area contributed by atoms with Gasteiger partial charge in [0.15, 0.2) is 0 Å². The van der Waals surface area contributed by atoms with Gasteiger partial charge in [0.25, 0.3) is 0 Å². The summed E-state index contributed by atoms with van der Waals surface area (Å²) in [6.07, 6.45) is 0.944. The smallest absolute Gasteiger partial charge is 0.243 e. The van der Waals surface area contributed by atoms with Crippen LogP contribution in [-0.2, 0) is 9.63 Å². The van der Waals surface area contributed by atoms with E-state index in [-0.39, 0.29) is 11.9 Å². The number of anilines is 2. The van der Waals surface area contributed by atoms with Crippen molar-refractivity contribution in [3.05, 3.63) is 18.2 Å². The van der Waals surface area contributed by atoms with Crippen LogP contribution >= 0.6 is 0 Å². The van der Waals surface area contributed by atoms with E-state index >= 15 is 0 Å². The molecule has 1 saturated heterocycles. The van der Waals surface area contributed by atoms with Crippen LogP contribution in [0.15, 0.2) is 18.2 Å². The van der Waals surface area contributed by atoms with Gasteiger partial charge in [-0.1, -0.05) is 0 Å². The molecule has 1 aliphatic heterocycles. The maximum Gasteiger partial charge on any atom is 0.243 e. The molecule has 1 fully saturated rings. The first-order chi connectivity index (χ1) is 9.11. The Morgan fingerprint density at radius 2 is 2.37 bits per heavy atom. The van der Waals surface area contributed by atoms with Crippen molar-refractivity contribution in [1.29, 1.82) is 0 Å². The van der Waals surface area contributed by atoms with E-state index in [0.29, 0.717) is 23.7 Å². The number of carbonyl (C=O) groups is 1. The lowest BCUT2D eigenvalue weighted by Crippen LogP contribution is -2.39. The largest absolute Gasteiger partial charge is 0.495 e. The van der Waals surface area contributed by atoms with Crippen molar-refractivity contribution in [2.75, 3.05) is 31.3 Å². The summed E-state index contributed by atoms with van der Waals surface area (Å²) in [6.45, 7) is 3.24. The number of nitrogens with two attached hydrogens (primary N) is 1. The Bertz CT molecular complexity index is 458. The van der Waals surface area contributed by atoms with Gasteiger partial charge in [-0.2, -0.15) is 5.06 Å². The van der Waals surface area contributed by atoms with Gasteiger partial charge in [-0.3, -0.25) is 9.63 Å². The average molecular weight is 265 g/mol. The number of amides is 1. The van der Waals surface area contributed by atoms with E-state index in [4.69, 9.17) is 15.3 Å². The molecule has 0 spiro atoms. The quantitative estimate of drug-likeness (QED) is 0.801. The minimum absolute atomic E-state index is 0.147. The fourth-order valence-electron chi connectivity index (χ4n) is 1.96. The lowest BCUT2D eigenvalue weighted by molar-refractivity contribution is -0.154. The van der Waals surface area contributed by atoms with Gasteiger partial charge < -0.3 is 15.8 Å². The molecule has 0 aliphatic carbocycles. The van der Waals surface area contributed by atoms with Crippen LogP contribution in [0.4, 0.5) is 11.4 Å². The van der Waals surface area contributed by atoms with Crippen molar-refractivity contribution in [2.24, 2.45) is 0 Å². The molecular formula is C13H19N3O3.